The highest BCUT2D eigenvalue weighted by atomic mass is 35.5. The Balaban J connectivity index is 1.93. The van der Waals surface area contributed by atoms with Crippen molar-refractivity contribution in [1.29, 1.82) is 0 Å². The number of imide groups is 1. The van der Waals surface area contributed by atoms with Gasteiger partial charge in [0.15, 0.2) is 0 Å². The van der Waals surface area contributed by atoms with Crippen molar-refractivity contribution in [3.05, 3.63) is 28.3 Å². The maximum absolute atomic E-state index is 13.4. The summed E-state index contributed by atoms with van der Waals surface area (Å²) in [6, 6.07) is 2.44. The zero-order valence-electron chi connectivity index (χ0n) is 16.2. The zero-order valence-corrected chi connectivity index (χ0v) is 17.0. The summed E-state index contributed by atoms with van der Waals surface area (Å²) < 4.78 is 0. The van der Waals surface area contributed by atoms with Crippen molar-refractivity contribution in [2.75, 3.05) is 5.32 Å². The topological polar surface area (TPSA) is 98.7 Å². The molecule has 3 aliphatic rings. The Morgan fingerprint density at radius 3 is 2.54 bits per heavy atom. The molecule has 0 aromatic heterocycles. The molecule has 1 aromatic carbocycles. The van der Waals surface area contributed by atoms with Gasteiger partial charge in [-0.25, -0.2) is 0 Å². The van der Waals surface area contributed by atoms with Gasteiger partial charge < -0.3 is 10.4 Å². The van der Waals surface area contributed by atoms with E-state index in [4.69, 9.17) is 11.6 Å². The van der Waals surface area contributed by atoms with Gasteiger partial charge in [-0.15, -0.1) is 0 Å². The van der Waals surface area contributed by atoms with Gasteiger partial charge in [0.25, 0.3) is 0 Å². The molecular weight excluding hydrogens is 382 g/mol. The number of hydrogen-bond donors (Lipinski definition) is 3. The molecule has 4 rings (SSSR count). The van der Waals surface area contributed by atoms with E-state index in [-0.39, 0.29) is 17.9 Å². The number of carbonyl (C=O) groups is 3. The van der Waals surface area contributed by atoms with E-state index in [1.54, 1.807) is 26.0 Å². The van der Waals surface area contributed by atoms with Gasteiger partial charge in [0, 0.05) is 22.7 Å². The second-order valence-electron chi connectivity index (χ2n) is 8.08. The van der Waals surface area contributed by atoms with Crippen LogP contribution in [0.3, 0.4) is 0 Å². The second-order valence-corrected chi connectivity index (χ2v) is 8.48. The normalized spacial score (nSPS) is 33.3. The first-order chi connectivity index (χ1) is 13.2. The molecule has 8 heteroatoms. The molecule has 1 spiro atoms. The van der Waals surface area contributed by atoms with Crippen LogP contribution >= 0.6 is 11.6 Å². The van der Waals surface area contributed by atoms with E-state index < -0.39 is 35.4 Å². The summed E-state index contributed by atoms with van der Waals surface area (Å²) >= 11 is 6.22. The number of anilines is 1. The maximum Gasteiger partial charge on any atom is 0.250 e. The molecule has 0 radical (unpaired) electrons. The van der Waals surface area contributed by atoms with Gasteiger partial charge in [-0.1, -0.05) is 24.6 Å². The van der Waals surface area contributed by atoms with Crippen LogP contribution in [-0.2, 0) is 19.9 Å². The van der Waals surface area contributed by atoms with E-state index in [9.17, 15) is 19.5 Å². The van der Waals surface area contributed by atoms with Crippen molar-refractivity contribution >= 4 is 35.0 Å². The van der Waals surface area contributed by atoms with Crippen LogP contribution in [0.1, 0.15) is 38.3 Å². The molecular formula is C20H24ClN3O4. The molecule has 0 aliphatic carbocycles. The third-order valence-corrected chi connectivity index (χ3v) is 7.01. The number of aliphatic hydroxyl groups excluding tert-OH is 1. The van der Waals surface area contributed by atoms with Crippen LogP contribution in [0.4, 0.5) is 5.69 Å². The standard InChI is InChI=1S/C20H24ClN3O4/c1-5-8(2)24-17(26)13-14(18(24)27)20(23-16(13)10(4)25)11-6-7-12(21)9(3)15(11)22-19(20)28/h6-8,10,13-14,16,23,25H,5H2,1-4H3,(H,22,28)/t8-,10+,13+,14+,16-,20+/m1/s1. The van der Waals surface area contributed by atoms with Crippen molar-refractivity contribution in [1.82, 2.24) is 10.2 Å². The Hall–Kier alpha value is -1.96. The molecule has 3 amide bonds. The fourth-order valence-electron chi connectivity index (χ4n) is 4.97. The van der Waals surface area contributed by atoms with E-state index >= 15 is 0 Å². The summed E-state index contributed by atoms with van der Waals surface area (Å²) in [7, 11) is 0. The summed E-state index contributed by atoms with van der Waals surface area (Å²) in [5, 5.41) is 16.9. The summed E-state index contributed by atoms with van der Waals surface area (Å²) in [5.74, 6) is -2.79. The number of likely N-dealkylation sites (tertiary alicyclic amines) is 1. The maximum atomic E-state index is 13.4. The van der Waals surface area contributed by atoms with Crippen LogP contribution in [0.15, 0.2) is 12.1 Å². The van der Waals surface area contributed by atoms with Crippen LogP contribution in [0.5, 0.6) is 0 Å². The van der Waals surface area contributed by atoms with Gasteiger partial charge in [0.05, 0.1) is 23.6 Å². The lowest BCUT2D eigenvalue weighted by Gasteiger charge is -2.31. The third-order valence-electron chi connectivity index (χ3n) is 6.60. The van der Waals surface area contributed by atoms with Gasteiger partial charge in [-0.2, -0.15) is 0 Å². The lowest BCUT2D eigenvalue weighted by atomic mass is 9.76. The molecule has 3 N–H and O–H groups in total. The summed E-state index contributed by atoms with van der Waals surface area (Å²) in [5.41, 5.74) is 0.479. The fourth-order valence-corrected chi connectivity index (χ4v) is 5.13. The van der Waals surface area contributed by atoms with E-state index in [1.807, 2.05) is 13.8 Å². The lowest BCUT2D eigenvalue weighted by Crippen LogP contribution is -2.55. The molecule has 7 nitrogen and oxygen atoms in total. The van der Waals surface area contributed by atoms with Crippen LogP contribution in [0.25, 0.3) is 0 Å². The number of nitrogens with one attached hydrogen (secondary N) is 2. The third kappa shape index (κ3) is 2.21. The van der Waals surface area contributed by atoms with Crippen molar-refractivity contribution in [3.63, 3.8) is 0 Å². The predicted molar refractivity (Wildman–Crippen MR) is 104 cm³/mol. The monoisotopic (exact) mass is 405 g/mol. The zero-order chi connectivity index (χ0) is 20.5. The van der Waals surface area contributed by atoms with Crippen molar-refractivity contribution < 1.29 is 19.5 Å². The molecule has 150 valence electrons. The molecule has 28 heavy (non-hydrogen) atoms. The largest absolute Gasteiger partial charge is 0.392 e. The molecule has 0 saturated carbocycles. The number of aliphatic hydroxyl groups is 1. The second kappa shape index (κ2) is 6.27. The molecule has 3 heterocycles. The Kier molecular flexibility index (Phi) is 4.34. The minimum atomic E-state index is -1.40. The molecule has 0 bridgehead atoms. The Bertz CT molecular complexity index is 902. The van der Waals surface area contributed by atoms with Crippen molar-refractivity contribution in [2.24, 2.45) is 11.8 Å². The van der Waals surface area contributed by atoms with Gasteiger partial charge in [-0.3, -0.25) is 24.6 Å². The highest BCUT2D eigenvalue weighted by Crippen LogP contribution is 2.54. The number of carbonyl (C=O) groups excluding carboxylic acids is 3. The number of hydrogen-bond acceptors (Lipinski definition) is 5. The molecule has 2 saturated heterocycles. The van der Waals surface area contributed by atoms with Gasteiger partial charge in [-0.05, 0) is 38.8 Å². The summed E-state index contributed by atoms with van der Waals surface area (Å²) in [4.78, 5) is 41.1. The highest BCUT2D eigenvalue weighted by Gasteiger charge is 2.71. The van der Waals surface area contributed by atoms with E-state index in [0.717, 1.165) is 0 Å². The van der Waals surface area contributed by atoms with E-state index in [1.165, 1.54) is 4.90 Å². The number of nitrogens with zero attached hydrogens (tertiary/aromatic N) is 1. The Morgan fingerprint density at radius 1 is 1.25 bits per heavy atom. The minimum absolute atomic E-state index is 0.270. The Morgan fingerprint density at radius 2 is 1.93 bits per heavy atom. The van der Waals surface area contributed by atoms with E-state index in [2.05, 4.69) is 10.6 Å². The Labute approximate surface area is 168 Å². The number of fused-ring (bicyclic) bond motifs is 4. The predicted octanol–water partition coefficient (Wildman–Crippen LogP) is 1.55. The van der Waals surface area contributed by atoms with Crippen molar-refractivity contribution in [3.8, 4) is 0 Å². The van der Waals surface area contributed by atoms with Crippen LogP contribution in [0, 0.1) is 18.8 Å². The van der Waals surface area contributed by atoms with Gasteiger partial charge in [0.2, 0.25) is 17.7 Å². The highest BCUT2D eigenvalue weighted by molar-refractivity contribution is 6.32. The first-order valence-corrected chi connectivity index (χ1v) is 9.98. The first kappa shape index (κ1) is 19.4. The number of rotatable bonds is 3. The minimum Gasteiger partial charge on any atom is -0.392 e. The molecule has 2 fully saturated rings. The van der Waals surface area contributed by atoms with Crippen LogP contribution in [0.2, 0.25) is 5.02 Å². The SMILES string of the molecule is CC[C@@H](C)N1C(=O)[C@@H]2[C@@H]([C@H](C)O)N[C@]3(C(=O)Nc4c3ccc(Cl)c4C)[C@@H]2C1=O. The van der Waals surface area contributed by atoms with Crippen LogP contribution in [-0.4, -0.2) is 45.9 Å². The summed E-state index contributed by atoms with van der Waals surface area (Å²) in [6.45, 7) is 7.09. The molecule has 6 atom stereocenters. The van der Waals surface area contributed by atoms with Gasteiger partial charge >= 0.3 is 0 Å². The van der Waals surface area contributed by atoms with Crippen LogP contribution < -0.4 is 10.6 Å². The van der Waals surface area contributed by atoms with Crippen molar-refractivity contribution in [2.45, 2.75) is 57.8 Å². The smallest absolute Gasteiger partial charge is 0.250 e. The first-order valence-electron chi connectivity index (χ1n) is 9.60. The quantitative estimate of drug-likeness (QED) is 0.663. The number of amides is 3. The molecule has 0 unspecified atom stereocenters. The van der Waals surface area contributed by atoms with E-state index in [0.29, 0.717) is 28.3 Å². The lowest BCUT2D eigenvalue weighted by molar-refractivity contribution is -0.145. The number of halogens is 1. The molecule has 1 aromatic rings. The average Bonchev–Trinajstić information content (AvgIpc) is 3.24. The fraction of sp³-hybridized carbons (Fsp3) is 0.550. The van der Waals surface area contributed by atoms with Gasteiger partial charge in [0.1, 0.15) is 5.54 Å². The summed E-state index contributed by atoms with van der Waals surface area (Å²) in [6.07, 6.45) is -0.292. The number of benzene rings is 1. The average molecular weight is 406 g/mol. The molecule has 3 aliphatic heterocycles.